The molecule has 3 N–H and O–H groups in total. The zero-order chi connectivity index (χ0) is 14.2. The van der Waals surface area contributed by atoms with Gasteiger partial charge in [0.05, 0.1) is 4.92 Å². The molecule has 0 aromatic heterocycles. The second-order valence-corrected chi connectivity index (χ2v) is 6.51. The van der Waals surface area contributed by atoms with Crippen molar-refractivity contribution in [3.8, 4) is 0 Å². The molecule has 0 radical (unpaired) electrons. The standard InChI is InChI=1S/C11H15N3O4S/c1-7-5-8(7)6-13-19(17,18)10-4-2-3-9(12)11(10)14(15)16/h2-4,7-8,13H,5-6,12H2,1H3. The van der Waals surface area contributed by atoms with Crippen molar-refractivity contribution in [2.45, 2.75) is 18.2 Å². The summed E-state index contributed by atoms with van der Waals surface area (Å²) in [5.74, 6) is 0.813. The molecule has 1 saturated carbocycles. The molecule has 0 saturated heterocycles. The van der Waals surface area contributed by atoms with Gasteiger partial charge in [-0.2, -0.15) is 0 Å². The minimum atomic E-state index is -3.91. The van der Waals surface area contributed by atoms with Crippen LogP contribution in [0, 0.1) is 22.0 Å². The van der Waals surface area contributed by atoms with Gasteiger partial charge in [0.15, 0.2) is 4.90 Å². The van der Waals surface area contributed by atoms with Crippen LogP contribution >= 0.6 is 0 Å². The van der Waals surface area contributed by atoms with Gasteiger partial charge in [-0.3, -0.25) is 10.1 Å². The van der Waals surface area contributed by atoms with Gasteiger partial charge in [-0.05, 0) is 30.4 Å². The maximum atomic E-state index is 12.1. The van der Waals surface area contributed by atoms with Crippen LogP contribution in [-0.2, 0) is 10.0 Å². The first-order valence-electron chi connectivity index (χ1n) is 5.85. The number of para-hydroxylation sites is 1. The average Bonchev–Trinajstić information content (AvgIpc) is 3.02. The first-order valence-corrected chi connectivity index (χ1v) is 7.34. The predicted molar refractivity (Wildman–Crippen MR) is 70.0 cm³/mol. The Morgan fingerprint density at radius 1 is 1.53 bits per heavy atom. The number of nitrogen functional groups attached to an aromatic ring is 1. The summed E-state index contributed by atoms with van der Waals surface area (Å²) in [5.41, 5.74) is 4.75. The van der Waals surface area contributed by atoms with Crippen LogP contribution in [0.3, 0.4) is 0 Å². The van der Waals surface area contributed by atoms with Crippen LogP contribution in [0.5, 0.6) is 0 Å². The lowest BCUT2D eigenvalue weighted by Gasteiger charge is -2.08. The number of nitro benzene ring substituents is 1. The Morgan fingerprint density at radius 2 is 2.16 bits per heavy atom. The van der Waals surface area contributed by atoms with Crippen molar-refractivity contribution < 1.29 is 13.3 Å². The molecule has 1 aromatic rings. The molecule has 0 aliphatic heterocycles. The first kappa shape index (κ1) is 13.8. The van der Waals surface area contributed by atoms with Crippen molar-refractivity contribution in [2.75, 3.05) is 12.3 Å². The summed E-state index contributed by atoms with van der Waals surface area (Å²) in [5, 5.41) is 10.9. The van der Waals surface area contributed by atoms with Gasteiger partial charge in [-0.15, -0.1) is 0 Å². The summed E-state index contributed by atoms with van der Waals surface area (Å²) < 4.78 is 26.6. The molecule has 0 heterocycles. The molecular weight excluding hydrogens is 270 g/mol. The molecule has 104 valence electrons. The molecule has 2 unspecified atom stereocenters. The lowest BCUT2D eigenvalue weighted by molar-refractivity contribution is -0.386. The highest BCUT2D eigenvalue weighted by atomic mass is 32.2. The SMILES string of the molecule is CC1CC1CNS(=O)(=O)c1cccc(N)c1[N+](=O)[O-]. The number of nitrogens with one attached hydrogen (secondary N) is 1. The summed E-state index contributed by atoms with van der Waals surface area (Å²) >= 11 is 0. The fourth-order valence-corrected chi connectivity index (χ4v) is 3.22. The number of nitro groups is 1. The Hall–Kier alpha value is -1.67. The van der Waals surface area contributed by atoms with Crippen molar-refractivity contribution in [1.29, 1.82) is 0 Å². The third-order valence-corrected chi connectivity index (χ3v) is 4.77. The van der Waals surface area contributed by atoms with E-state index >= 15 is 0 Å². The molecular formula is C11H15N3O4S. The molecule has 1 aliphatic carbocycles. The van der Waals surface area contributed by atoms with E-state index in [4.69, 9.17) is 5.73 Å². The lowest BCUT2D eigenvalue weighted by Crippen LogP contribution is -2.27. The smallest absolute Gasteiger partial charge is 0.312 e. The number of nitrogens with zero attached hydrogens (tertiary/aromatic N) is 1. The number of nitrogens with two attached hydrogens (primary N) is 1. The van der Waals surface area contributed by atoms with Crippen molar-refractivity contribution in [3.63, 3.8) is 0 Å². The number of anilines is 1. The fraction of sp³-hybridized carbons (Fsp3) is 0.455. The lowest BCUT2D eigenvalue weighted by atomic mass is 10.3. The van der Waals surface area contributed by atoms with Crippen LogP contribution in [0.4, 0.5) is 11.4 Å². The Bertz CT molecular complexity index is 614. The van der Waals surface area contributed by atoms with Gasteiger partial charge < -0.3 is 5.73 Å². The molecule has 0 spiro atoms. The van der Waals surface area contributed by atoms with Gasteiger partial charge in [0, 0.05) is 6.54 Å². The van der Waals surface area contributed by atoms with E-state index in [1.54, 1.807) is 0 Å². The minimum Gasteiger partial charge on any atom is -0.393 e. The highest BCUT2D eigenvalue weighted by Gasteiger charge is 2.35. The van der Waals surface area contributed by atoms with E-state index in [1.165, 1.54) is 18.2 Å². The van der Waals surface area contributed by atoms with E-state index in [2.05, 4.69) is 4.72 Å². The molecule has 2 rings (SSSR count). The number of sulfonamides is 1. The van der Waals surface area contributed by atoms with E-state index in [9.17, 15) is 18.5 Å². The van der Waals surface area contributed by atoms with Gasteiger partial charge in [0.1, 0.15) is 5.69 Å². The third-order valence-electron chi connectivity index (χ3n) is 3.31. The summed E-state index contributed by atoms with van der Waals surface area (Å²) in [6.07, 6.45) is 0.974. The molecule has 8 heteroatoms. The summed E-state index contributed by atoms with van der Waals surface area (Å²) in [6.45, 7) is 2.33. The van der Waals surface area contributed by atoms with E-state index in [-0.39, 0.29) is 10.6 Å². The maximum absolute atomic E-state index is 12.1. The zero-order valence-electron chi connectivity index (χ0n) is 10.4. The number of rotatable bonds is 5. The van der Waals surface area contributed by atoms with Gasteiger partial charge in [0.25, 0.3) is 0 Å². The van der Waals surface area contributed by atoms with Crippen LogP contribution in [-0.4, -0.2) is 19.9 Å². The topological polar surface area (TPSA) is 115 Å². The normalized spacial score (nSPS) is 22.2. The Kier molecular flexibility index (Phi) is 3.46. The van der Waals surface area contributed by atoms with Gasteiger partial charge in [-0.1, -0.05) is 13.0 Å². The first-order chi connectivity index (χ1) is 8.83. The summed E-state index contributed by atoms with van der Waals surface area (Å²) in [6, 6.07) is 3.88. The third kappa shape index (κ3) is 2.85. The Morgan fingerprint density at radius 3 is 2.68 bits per heavy atom. The highest BCUT2D eigenvalue weighted by molar-refractivity contribution is 7.89. The van der Waals surface area contributed by atoms with E-state index in [1.807, 2.05) is 6.92 Å². The highest BCUT2D eigenvalue weighted by Crippen LogP contribution is 2.37. The van der Waals surface area contributed by atoms with Crippen molar-refractivity contribution in [2.24, 2.45) is 11.8 Å². The number of benzene rings is 1. The Balaban J connectivity index is 2.29. The second kappa shape index (κ2) is 4.78. The van der Waals surface area contributed by atoms with E-state index < -0.39 is 20.6 Å². The molecule has 1 aromatic carbocycles. The molecule has 19 heavy (non-hydrogen) atoms. The molecule has 0 bridgehead atoms. The molecule has 7 nitrogen and oxygen atoms in total. The van der Waals surface area contributed by atoms with Gasteiger partial charge >= 0.3 is 5.69 Å². The minimum absolute atomic E-state index is 0.160. The zero-order valence-corrected chi connectivity index (χ0v) is 11.2. The molecule has 1 fully saturated rings. The Labute approximate surface area is 111 Å². The second-order valence-electron chi connectivity index (χ2n) is 4.78. The predicted octanol–water partition coefficient (Wildman–Crippen LogP) is 1.11. The largest absolute Gasteiger partial charge is 0.393 e. The van der Waals surface area contributed by atoms with Gasteiger partial charge in [0.2, 0.25) is 10.0 Å². The molecule has 2 atom stereocenters. The monoisotopic (exact) mass is 285 g/mol. The van der Waals surface area contributed by atoms with E-state index in [0.717, 1.165) is 6.42 Å². The van der Waals surface area contributed by atoms with Crippen LogP contribution in [0.15, 0.2) is 23.1 Å². The number of hydrogen-bond donors (Lipinski definition) is 2. The number of hydrogen-bond acceptors (Lipinski definition) is 5. The van der Waals surface area contributed by atoms with E-state index in [0.29, 0.717) is 18.4 Å². The summed E-state index contributed by atoms with van der Waals surface area (Å²) in [7, 11) is -3.91. The van der Waals surface area contributed by atoms with Crippen LogP contribution in [0.2, 0.25) is 0 Å². The fourth-order valence-electron chi connectivity index (χ4n) is 1.93. The van der Waals surface area contributed by atoms with Crippen molar-refractivity contribution in [3.05, 3.63) is 28.3 Å². The van der Waals surface area contributed by atoms with Crippen molar-refractivity contribution in [1.82, 2.24) is 4.72 Å². The van der Waals surface area contributed by atoms with Crippen LogP contribution in [0.25, 0.3) is 0 Å². The van der Waals surface area contributed by atoms with Crippen LogP contribution < -0.4 is 10.5 Å². The summed E-state index contributed by atoms with van der Waals surface area (Å²) in [4.78, 5) is 9.77. The van der Waals surface area contributed by atoms with Gasteiger partial charge in [-0.25, -0.2) is 13.1 Å². The van der Waals surface area contributed by atoms with Crippen molar-refractivity contribution >= 4 is 21.4 Å². The molecule has 1 aliphatic rings. The molecule has 0 amide bonds. The average molecular weight is 285 g/mol. The maximum Gasteiger partial charge on any atom is 0.312 e. The quantitative estimate of drug-likeness (QED) is 0.477. The van der Waals surface area contributed by atoms with Crippen LogP contribution in [0.1, 0.15) is 13.3 Å².